The largest absolute Gasteiger partial charge is 0.373 e. The number of amides is 1. The van der Waals surface area contributed by atoms with Gasteiger partial charge in [0.05, 0.1) is 0 Å². The molecule has 0 fully saturated rings. The fraction of sp³-hybridized carbons (Fsp3) is 0.0769. The first-order valence-corrected chi connectivity index (χ1v) is 6.96. The number of hydrogen-bond acceptors (Lipinski definition) is 3. The number of halogens is 2. The van der Waals surface area contributed by atoms with E-state index in [-0.39, 0.29) is 11.1 Å². The Morgan fingerprint density at radius 1 is 1.26 bits per heavy atom. The molecule has 2 rings (SSSR count). The van der Waals surface area contributed by atoms with Crippen LogP contribution in [0.2, 0.25) is 5.15 Å². The number of nitrogens with zero attached hydrogens (tertiary/aromatic N) is 1. The third-order valence-electron chi connectivity index (χ3n) is 2.41. The number of pyridine rings is 1. The molecule has 0 atom stereocenters. The van der Waals surface area contributed by atoms with Crippen LogP contribution in [0.25, 0.3) is 0 Å². The molecule has 0 radical (unpaired) electrons. The Balaban J connectivity index is 2.20. The first kappa shape index (κ1) is 14.1. The molecule has 19 heavy (non-hydrogen) atoms. The van der Waals surface area contributed by atoms with Crippen LogP contribution in [0.3, 0.4) is 0 Å². The molecule has 0 aliphatic heterocycles. The molecular formula is C13H11ClIN3O. The summed E-state index contributed by atoms with van der Waals surface area (Å²) in [4.78, 5) is 16.1. The summed E-state index contributed by atoms with van der Waals surface area (Å²) >= 11 is 8.07. The van der Waals surface area contributed by atoms with Crippen LogP contribution in [-0.2, 0) is 0 Å². The Morgan fingerprint density at radius 2 is 1.95 bits per heavy atom. The monoisotopic (exact) mass is 387 g/mol. The highest BCUT2D eigenvalue weighted by Gasteiger charge is 2.09. The number of carbonyl (C=O) groups excluding carboxylic acids is 1. The minimum Gasteiger partial charge on any atom is -0.373 e. The van der Waals surface area contributed by atoms with Crippen molar-refractivity contribution < 1.29 is 4.79 Å². The zero-order valence-electron chi connectivity index (χ0n) is 10.1. The van der Waals surface area contributed by atoms with Gasteiger partial charge in [0.2, 0.25) is 0 Å². The molecule has 6 heteroatoms. The van der Waals surface area contributed by atoms with Crippen LogP contribution in [0.1, 0.15) is 10.4 Å². The second kappa shape index (κ2) is 6.21. The molecule has 0 aliphatic rings. The average Bonchev–Trinajstić information content (AvgIpc) is 2.40. The van der Waals surface area contributed by atoms with Gasteiger partial charge in [-0.2, -0.15) is 0 Å². The molecule has 0 saturated carbocycles. The third kappa shape index (κ3) is 3.81. The molecule has 0 bridgehead atoms. The number of benzene rings is 1. The van der Waals surface area contributed by atoms with E-state index in [4.69, 9.17) is 11.6 Å². The van der Waals surface area contributed by atoms with Gasteiger partial charge in [-0.25, -0.2) is 4.98 Å². The molecule has 0 spiro atoms. The van der Waals surface area contributed by atoms with Crippen molar-refractivity contribution in [3.63, 3.8) is 0 Å². The molecule has 0 unspecified atom stereocenters. The Morgan fingerprint density at radius 3 is 2.58 bits per heavy atom. The molecule has 0 saturated heterocycles. The van der Waals surface area contributed by atoms with E-state index in [0.717, 1.165) is 9.26 Å². The molecule has 98 valence electrons. The Bertz CT molecular complexity index is 601. The van der Waals surface area contributed by atoms with E-state index in [1.54, 1.807) is 13.1 Å². The first-order valence-electron chi connectivity index (χ1n) is 5.51. The van der Waals surface area contributed by atoms with E-state index in [9.17, 15) is 4.79 Å². The van der Waals surface area contributed by atoms with E-state index in [1.807, 2.05) is 24.3 Å². The lowest BCUT2D eigenvalue weighted by atomic mass is 10.2. The van der Waals surface area contributed by atoms with E-state index in [1.165, 1.54) is 6.07 Å². The van der Waals surface area contributed by atoms with Gasteiger partial charge in [0, 0.05) is 21.9 Å². The second-order valence-corrected chi connectivity index (χ2v) is 5.41. The fourth-order valence-electron chi connectivity index (χ4n) is 1.49. The fourth-order valence-corrected chi connectivity index (χ4v) is 2.06. The highest BCUT2D eigenvalue weighted by molar-refractivity contribution is 14.1. The van der Waals surface area contributed by atoms with E-state index < -0.39 is 0 Å². The van der Waals surface area contributed by atoms with Crippen LogP contribution < -0.4 is 10.6 Å². The maximum Gasteiger partial charge on any atom is 0.255 e. The molecule has 0 aliphatic carbocycles. The summed E-state index contributed by atoms with van der Waals surface area (Å²) in [6.45, 7) is 0. The summed E-state index contributed by atoms with van der Waals surface area (Å²) in [7, 11) is 1.72. The van der Waals surface area contributed by atoms with E-state index >= 15 is 0 Å². The number of nitrogens with one attached hydrogen (secondary N) is 2. The van der Waals surface area contributed by atoms with Gasteiger partial charge in [0.1, 0.15) is 11.0 Å². The van der Waals surface area contributed by atoms with Gasteiger partial charge >= 0.3 is 0 Å². The molecule has 2 N–H and O–H groups in total. The second-order valence-electron chi connectivity index (χ2n) is 3.77. The van der Waals surface area contributed by atoms with Crippen LogP contribution in [0.5, 0.6) is 0 Å². The van der Waals surface area contributed by atoms with Crippen molar-refractivity contribution in [3.8, 4) is 0 Å². The van der Waals surface area contributed by atoms with E-state index in [0.29, 0.717) is 11.4 Å². The number of anilines is 2. The number of hydrogen-bond donors (Lipinski definition) is 2. The van der Waals surface area contributed by atoms with Crippen LogP contribution >= 0.6 is 34.2 Å². The number of rotatable bonds is 3. The van der Waals surface area contributed by atoms with Gasteiger partial charge in [0.15, 0.2) is 0 Å². The van der Waals surface area contributed by atoms with Gasteiger partial charge in [-0.1, -0.05) is 11.6 Å². The van der Waals surface area contributed by atoms with Crippen molar-refractivity contribution in [2.45, 2.75) is 0 Å². The summed E-state index contributed by atoms with van der Waals surface area (Å²) < 4.78 is 1.11. The lowest BCUT2D eigenvalue weighted by Gasteiger charge is -2.07. The minimum atomic E-state index is -0.220. The minimum absolute atomic E-state index is 0.220. The van der Waals surface area contributed by atoms with Gasteiger partial charge in [-0.15, -0.1) is 0 Å². The smallest absolute Gasteiger partial charge is 0.255 e. The SMILES string of the molecule is CNc1cc(C(=O)Nc2ccc(I)cc2)cc(Cl)n1. The lowest BCUT2D eigenvalue weighted by Crippen LogP contribution is -2.12. The van der Waals surface area contributed by atoms with Crippen molar-refractivity contribution in [2.75, 3.05) is 17.7 Å². The average molecular weight is 388 g/mol. The maximum atomic E-state index is 12.1. The molecule has 1 amide bonds. The maximum absolute atomic E-state index is 12.1. The van der Waals surface area contributed by atoms with Gasteiger partial charge in [0.25, 0.3) is 5.91 Å². The van der Waals surface area contributed by atoms with Crippen molar-refractivity contribution in [1.29, 1.82) is 0 Å². The van der Waals surface area contributed by atoms with Crippen molar-refractivity contribution in [2.24, 2.45) is 0 Å². The topological polar surface area (TPSA) is 54.0 Å². The summed E-state index contributed by atoms with van der Waals surface area (Å²) in [6, 6.07) is 10.7. The van der Waals surface area contributed by atoms with Gasteiger partial charge in [-0.05, 0) is 59.0 Å². The lowest BCUT2D eigenvalue weighted by molar-refractivity contribution is 0.102. The molecule has 4 nitrogen and oxygen atoms in total. The molecule has 1 aromatic carbocycles. The van der Waals surface area contributed by atoms with E-state index in [2.05, 4.69) is 38.2 Å². The molecule has 1 heterocycles. The predicted octanol–water partition coefficient (Wildman–Crippen LogP) is 3.63. The normalized spacial score (nSPS) is 10.1. The van der Waals surface area contributed by atoms with Crippen LogP contribution in [0.15, 0.2) is 36.4 Å². The van der Waals surface area contributed by atoms with Crippen molar-refractivity contribution >= 4 is 51.6 Å². The highest BCUT2D eigenvalue weighted by Crippen LogP contribution is 2.17. The first-order chi connectivity index (χ1) is 9.08. The zero-order valence-corrected chi connectivity index (χ0v) is 13.0. The molecule has 1 aromatic heterocycles. The van der Waals surface area contributed by atoms with Gasteiger partial charge in [-0.3, -0.25) is 4.79 Å². The predicted molar refractivity (Wildman–Crippen MR) is 85.9 cm³/mol. The Hall–Kier alpha value is -1.34. The zero-order chi connectivity index (χ0) is 13.8. The quantitative estimate of drug-likeness (QED) is 0.625. The number of aromatic nitrogens is 1. The summed E-state index contributed by atoms with van der Waals surface area (Å²) in [6.07, 6.45) is 0. The van der Waals surface area contributed by atoms with Crippen LogP contribution in [-0.4, -0.2) is 17.9 Å². The highest BCUT2D eigenvalue weighted by atomic mass is 127. The molecular weight excluding hydrogens is 377 g/mol. The Labute approximate surface area is 129 Å². The third-order valence-corrected chi connectivity index (χ3v) is 3.33. The summed E-state index contributed by atoms with van der Waals surface area (Å²) in [5.74, 6) is 0.335. The standard InChI is InChI=1S/C13H11ClIN3O/c1-16-12-7-8(6-11(14)18-12)13(19)17-10-4-2-9(15)3-5-10/h2-7H,1H3,(H,16,18)(H,17,19). The van der Waals surface area contributed by atoms with Crippen molar-refractivity contribution in [3.05, 3.63) is 50.7 Å². The van der Waals surface area contributed by atoms with Gasteiger partial charge < -0.3 is 10.6 Å². The Kier molecular flexibility index (Phi) is 4.60. The van der Waals surface area contributed by atoms with Crippen LogP contribution in [0, 0.1) is 3.57 Å². The summed E-state index contributed by atoms with van der Waals surface area (Å²) in [5.41, 5.74) is 1.20. The van der Waals surface area contributed by atoms with Crippen molar-refractivity contribution in [1.82, 2.24) is 4.98 Å². The summed E-state index contributed by atoms with van der Waals surface area (Å²) in [5, 5.41) is 5.94. The van der Waals surface area contributed by atoms with Crippen LogP contribution in [0.4, 0.5) is 11.5 Å². The molecule has 2 aromatic rings. The number of carbonyl (C=O) groups is 1.